The van der Waals surface area contributed by atoms with Gasteiger partial charge in [-0.15, -0.1) is 0 Å². The van der Waals surface area contributed by atoms with Gasteiger partial charge in [-0.3, -0.25) is 4.79 Å². The molecule has 0 radical (unpaired) electrons. The zero-order valence-corrected chi connectivity index (χ0v) is 14.3. The number of aryl methyl sites for hydroxylation is 2. The molecule has 2 N–H and O–H groups in total. The highest BCUT2D eigenvalue weighted by Crippen LogP contribution is 2.31. The molecule has 0 spiro atoms. The Kier molecular flexibility index (Phi) is 4.57. The number of nitrogens with zero attached hydrogens (tertiary/aromatic N) is 1. The Labute approximate surface area is 141 Å². The van der Waals surface area contributed by atoms with E-state index in [0.717, 1.165) is 16.7 Å². The fourth-order valence-corrected chi connectivity index (χ4v) is 3.22. The van der Waals surface area contributed by atoms with E-state index in [-0.39, 0.29) is 11.9 Å². The van der Waals surface area contributed by atoms with Crippen molar-refractivity contribution < 1.29 is 14.3 Å². The number of morpholine rings is 1. The number of hydrogen-bond donors (Lipinski definition) is 2. The Morgan fingerprint density at radius 1 is 1.21 bits per heavy atom. The number of carbonyl (C=O) groups is 2. The Morgan fingerprint density at radius 2 is 1.92 bits per heavy atom. The topological polar surface area (TPSA) is 70.7 Å². The first-order valence-corrected chi connectivity index (χ1v) is 8.20. The minimum absolute atomic E-state index is 0.0470. The molecular weight excluding hydrogens is 306 g/mol. The molecule has 1 unspecified atom stereocenters. The lowest BCUT2D eigenvalue weighted by Gasteiger charge is -2.34. The molecule has 128 valence electrons. The van der Waals surface area contributed by atoms with Gasteiger partial charge in [-0.1, -0.05) is 23.8 Å². The number of allylic oxidation sites excluding steroid dienone is 1. The molecule has 1 aromatic rings. The van der Waals surface area contributed by atoms with E-state index in [1.165, 1.54) is 0 Å². The van der Waals surface area contributed by atoms with E-state index in [4.69, 9.17) is 4.74 Å². The van der Waals surface area contributed by atoms with Crippen LogP contribution in [0.3, 0.4) is 0 Å². The fourth-order valence-electron chi connectivity index (χ4n) is 3.22. The van der Waals surface area contributed by atoms with E-state index in [9.17, 15) is 9.59 Å². The fraction of sp³-hybridized carbons (Fsp3) is 0.444. The number of rotatable bonds is 2. The highest BCUT2D eigenvalue weighted by atomic mass is 16.5. The van der Waals surface area contributed by atoms with Crippen molar-refractivity contribution in [3.63, 3.8) is 0 Å². The molecular formula is C18H23N3O3. The van der Waals surface area contributed by atoms with E-state index in [1.54, 1.807) is 11.8 Å². The number of hydrogen-bond acceptors (Lipinski definition) is 3. The minimum atomic E-state index is -0.436. The zero-order chi connectivity index (χ0) is 17.3. The van der Waals surface area contributed by atoms with Crippen LogP contribution in [-0.4, -0.2) is 43.1 Å². The lowest BCUT2D eigenvalue weighted by molar-refractivity contribution is -0.131. The summed E-state index contributed by atoms with van der Waals surface area (Å²) in [6.45, 7) is 8.02. The molecule has 1 fully saturated rings. The van der Waals surface area contributed by atoms with Crippen molar-refractivity contribution in [2.24, 2.45) is 0 Å². The van der Waals surface area contributed by atoms with Gasteiger partial charge in [0, 0.05) is 18.8 Å². The number of carbonyl (C=O) groups excluding carboxylic acids is 2. The van der Waals surface area contributed by atoms with Gasteiger partial charge in [0.05, 0.1) is 24.8 Å². The number of urea groups is 1. The van der Waals surface area contributed by atoms with Gasteiger partial charge in [-0.2, -0.15) is 0 Å². The SMILES string of the molecule is CC1=C(C(=O)N2CCOCC2)C(c2cc(C)ccc2C)NC(=O)N1. The molecule has 0 aromatic heterocycles. The van der Waals surface area contributed by atoms with Crippen LogP contribution >= 0.6 is 0 Å². The lowest BCUT2D eigenvalue weighted by atomic mass is 9.90. The lowest BCUT2D eigenvalue weighted by Crippen LogP contribution is -2.49. The van der Waals surface area contributed by atoms with Crippen LogP contribution in [0.1, 0.15) is 29.7 Å². The van der Waals surface area contributed by atoms with Gasteiger partial charge in [-0.25, -0.2) is 4.79 Å². The molecule has 6 heteroatoms. The predicted octanol–water partition coefficient (Wildman–Crippen LogP) is 1.79. The smallest absolute Gasteiger partial charge is 0.319 e. The van der Waals surface area contributed by atoms with Crippen LogP contribution in [0.2, 0.25) is 0 Å². The first-order valence-electron chi connectivity index (χ1n) is 8.20. The molecule has 2 aliphatic heterocycles. The van der Waals surface area contributed by atoms with Crippen LogP contribution in [-0.2, 0) is 9.53 Å². The van der Waals surface area contributed by atoms with Crippen molar-refractivity contribution in [1.29, 1.82) is 0 Å². The molecule has 6 nitrogen and oxygen atoms in total. The van der Waals surface area contributed by atoms with Crippen molar-refractivity contribution in [2.75, 3.05) is 26.3 Å². The molecule has 0 bridgehead atoms. The number of amides is 3. The van der Waals surface area contributed by atoms with Crippen LogP contribution in [0.15, 0.2) is 29.5 Å². The van der Waals surface area contributed by atoms with Crippen LogP contribution in [0, 0.1) is 13.8 Å². The second-order valence-electron chi connectivity index (χ2n) is 6.33. The average Bonchev–Trinajstić information content (AvgIpc) is 2.56. The van der Waals surface area contributed by atoms with E-state index < -0.39 is 6.04 Å². The summed E-state index contributed by atoms with van der Waals surface area (Å²) in [7, 11) is 0. The summed E-state index contributed by atoms with van der Waals surface area (Å²) in [6, 6.07) is 5.36. The van der Waals surface area contributed by atoms with Crippen LogP contribution in [0.4, 0.5) is 4.79 Å². The van der Waals surface area contributed by atoms with Crippen molar-refractivity contribution >= 4 is 11.9 Å². The van der Waals surface area contributed by atoms with Crippen LogP contribution in [0.25, 0.3) is 0 Å². The van der Waals surface area contributed by atoms with Gasteiger partial charge in [0.15, 0.2) is 0 Å². The summed E-state index contributed by atoms with van der Waals surface area (Å²) >= 11 is 0. The average molecular weight is 329 g/mol. The third kappa shape index (κ3) is 3.14. The standard InChI is InChI=1S/C18H23N3O3/c1-11-4-5-12(2)14(10-11)16-15(13(3)19-18(23)20-16)17(22)21-6-8-24-9-7-21/h4-5,10,16H,6-9H2,1-3H3,(H2,19,20,23). The maximum Gasteiger partial charge on any atom is 0.319 e. The highest BCUT2D eigenvalue weighted by Gasteiger charge is 2.34. The van der Waals surface area contributed by atoms with E-state index >= 15 is 0 Å². The zero-order valence-electron chi connectivity index (χ0n) is 14.3. The van der Waals surface area contributed by atoms with Gasteiger partial charge in [0.1, 0.15) is 0 Å². The Bertz CT molecular complexity index is 705. The first kappa shape index (κ1) is 16.5. The number of ether oxygens (including phenoxy) is 1. The summed E-state index contributed by atoms with van der Waals surface area (Å²) in [5.41, 5.74) is 4.32. The van der Waals surface area contributed by atoms with E-state index in [0.29, 0.717) is 37.6 Å². The molecule has 3 rings (SSSR count). The van der Waals surface area contributed by atoms with Gasteiger partial charge < -0.3 is 20.3 Å². The quantitative estimate of drug-likeness (QED) is 0.869. The molecule has 2 aliphatic rings. The Balaban J connectivity index is 2.01. The maximum atomic E-state index is 13.1. The normalized spacial score (nSPS) is 21.4. The molecule has 1 aromatic carbocycles. The predicted molar refractivity (Wildman–Crippen MR) is 90.4 cm³/mol. The third-order valence-electron chi connectivity index (χ3n) is 4.54. The van der Waals surface area contributed by atoms with Crippen molar-refractivity contribution in [3.8, 4) is 0 Å². The molecule has 0 saturated carbocycles. The number of benzene rings is 1. The monoisotopic (exact) mass is 329 g/mol. The summed E-state index contributed by atoms with van der Waals surface area (Å²) < 4.78 is 5.33. The van der Waals surface area contributed by atoms with Crippen LogP contribution in [0.5, 0.6) is 0 Å². The van der Waals surface area contributed by atoms with Gasteiger partial charge in [0.2, 0.25) is 0 Å². The maximum absolute atomic E-state index is 13.1. The summed E-state index contributed by atoms with van der Waals surface area (Å²) in [6.07, 6.45) is 0. The molecule has 1 saturated heterocycles. The molecule has 1 atom stereocenters. The van der Waals surface area contributed by atoms with E-state index in [1.807, 2.05) is 32.0 Å². The molecule has 24 heavy (non-hydrogen) atoms. The minimum Gasteiger partial charge on any atom is -0.378 e. The largest absolute Gasteiger partial charge is 0.378 e. The molecule has 3 amide bonds. The summed E-state index contributed by atoms with van der Waals surface area (Å²) in [5.74, 6) is -0.0470. The summed E-state index contributed by atoms with van der Waals surface area (Å²) in [5, 5.41) is 5.65. The van der Waals surface area contributed by atoms with Gasteiger partial charge in [0.25, 0.3) is 5.91 Å². The van der Waals surface area contributed by atoms with E-state index in [2.05, 4.69) is 10.6 Å². The molecule has 0 aliphatic carbocycles. The van der Waals surface area contributed by atoms with Gasteiger partial charge >= 0.3 is 6.03 Å². The van der Waals surface area contributed by atoms with Crippen molar-refractivity contribution in [1.82, 2.24) is 15.5 Å². The Morgan fingerprint density at radius 3 is 2.62 bits per heavy atom. The van der Waals surface area contributed by atoms with Crippen molar-refractivity contribution in [3.05, 3.63) is 46.2 Å². The van der Waals surface area contributed by atoms with Gasteiger partial charge in [-0.05, 0) is 31.9 Å². The second kappa shape index (κ2) is 6.65. The summed E-state index contributed by atoms with van der Waals surface area (Å²) in [4.78, 5) is 26.9. The highest BCUT2D eigenvalue weighted by molar-refractivity contribution is 5.98. The first-order chi connectivity index (χ1) is 11.5. The van der Waals surface area contributed by atoms with Crippen molar-refractivity contribution in [2.45, 2.75) is 26.8 Å². The second-order valence-corrected chi connectivity index (χ2v) is 6.33. The third-order valence-corrected chi connectivity index (χ3v) is 4.54. The Hall–Kier alpha value is -2.34. The number of nitrogens with one attached hydrogen (secondary N) is 2. The van der Waals surface area contributed by atoms with Crippen LogP contribution < -0.4 is 10.6 Å². The molecule has 2 heterocycles.